The Balaban J connectivity index is 1.67. The Morgan fingerprint density at radius 3 is 2.67 bits per heavy atom. The number of amides is 1. The highest BCUT2D eigenvalue weighted by atomic mass is 32.1. The zero-order chi connectivity index (χ0) is 19.0. The van der Waals surface area contributed by atoms with Crippen LogP contribution in [0.5, 0.6) is 0 Å². The summed E-state index contributed by atoms with van der Waals surface area (Å²) in [5, 5.41) is 7.35. The van der Waals surface area contributed by atoms with E-state index in [1.165, 1.54) is 16.0 Å². The van der Waals surface area contributed by atoms with Gasteiger partial charge in [0.15, 0.2) is 5.13 Å². The summed E-state index contributed by atoms with van der Waals surface area (Å²) in [5.74, 6) is -0.243. The van der Waals surface area contributed by atoms with E-state index >= 15 is 0 Å². The summed E-state index contributed by atoms with van der Waals surface area (Å²) in [6, 6.07) is 13.7. The van der Waals surface area contributed by atoms with Crippen LogP contribution < -0.4 is 10.2 Å². The van der Waals surface area contributed by atoms with Gasteiger partial charge in [-0.3, -0.25) is 14.8 Å². The third-order valence-electron chi connectivity index (χ3n) is 4.19. The summed E-state index contributed by atoms with van der Waals surface area (Å²) >= 11 is 1.35. The summed E-state index contributed by atoms with van der Waals surface area (Å²) in [7, 11) is 5.75. The highest BCUT2D eigenvalue weighted by molar-refractivity contribution is 7.22. The van der Waals surface area contributed by atoms with Crippen molar-refractivity contribution in [1.82, 2.24) is 19.7 Å². The van der Waals surface area contributed by atoms with Crippen molar-refractivity contribution in [3.63, 3.8) is 0 Å². The molecule has 7 nitrogen and oxygen atoms in total. The maximum Gasteiger partial charge on any atom is 0.275 e. The van der Waals surface area contributed by atoms with Gasteiger partial charge in [-0.1, -0.05) is 29.5 Å². The summed E-state index contributed by atoms with van der Waals surface area (Å²) in [4.78, 5) is 24.4. The first-order valence-electron chi connectivity index (χ1n) is 8.36. The van der Waals surface area contributed by atoms with E-state index in [0.717, 1.165) is 27.3 Å². The molecular weight excluding hydrogens is 360 g/mol. The normalized spacial score (nSPS) is 10.9. The fourth-order valence-electron chi connectivity index (χ4n) is 2.86. The number of anilines is 2. The molecule has 0 fully saturated rings. The van der Waals surface area contributed by atoms with Gasteiger partial charge in [0, 0.05) is 38.6 Å². The molecular formula is C19H18N6OS. The SMILES string of the molecule is CN(C)c1ccccc1-c1ccc2nc(NC(=O)c3ccnn3C)sc2n1. The number of carbonyl (C=O) groups is 1. The lowest BCUT2D eigenvalue weighted by Crippen LogP contribution is -2.15. The van der Waals surface area contributed by atoms with Crippen LogP contribution in [0.4, 0.5) is 10.8 Å². The third-order valence-corrected chi connectivity index (χ3v) is 5.07. The topological polar surface area (TPSA) is 75.9 Å². The van der Waals surface area contributed by atoms with Gasteiger partial charge in [0.25, 0.3) is 5.91 Å². The van der Waals surface area contributed by atoms with Gasteiger partial charge in [0.1, 0.15) is 16.0 Å². The van der Waals surface area contributed by atoms with Crippen molar-refractivity contribution in [3.8, 4) is 11.3 Å². The molecule has 1 aromatic carbocycles. The van der Waals surface area contributed by atoms with Crippen LogP contribution in [-0.2, 0) is 7.05 Å². The van der Waals surface area contributed by atoms with E-state index in [0.29, 0.717) is 10.8 Å². The zero-order valence-corrected chi connectivity index (χ0v) is 16.0. The van der Waals surface area contributed by atoms with Crippen molar-refractivity contribution in [2.75, 3.05) is 24.3 Å². The maximum absolute atomic E-state index is 12.3. The van der Waals surface area contributed by atoms with Crippen LogP contribution in [0.25, 0.3) is 21.6 Å². The summed E-state index contributed by atoms with van der Waals surface area (Å²) in [5.41, 5.74) is 4.26. The first-order valence-corrected chi connectivity index (χ1v) is 9.18. The van der Waals surface area contributed by atoms with Gasteiger partial charge in [0.05, 0.1) is 5.69 Å². The zero-order valence-electron chi connectivity index (χ0n) is 15.2. The number of nitrogens with zero attached hydrogens (tertiary/aromatic N) is 5. The minimum absolute atomic E-state index is 0.243. The van der Waals surface area contributed by atoms with E-state index in [-0.39, 0.29) is 5.91 Å². The van der Waals surface area contributed by atoms with Gasteiger partial charge >= 0.3 is 0 Å². The van der Waals surface area contributed by atoms with Crippen LogP contribution in [0.2, 0.25) is 0 Å². The molecule has 0 aliphatic heterocycles. The van der Waals surface area contributed by atoms with Crippen LogP contribution in [0.1, 0.15) is 10.5 Å². The number of fused-ring (bicyclic) bond motifs is 1. The average molecular weight is 378 g/mol. The molecule has 3 heterocycles. The predicted octanol–water partition coefficient (Wildman–Crippen LogP) is 3.41. The number of aryl methyl sites for hydroxylation is 1. The molecule has 1 N–H and O–H groups in total. The number of aromatic nitrogens is 4. The smallest absolute Gasteiger partial charge is 0.275 e. The second kappa shape index (κ2) is 6.81. The first-order chi connectivity index (χ1) is 13.0. The minimum Gasteiger partial charge on any atom is -0.377 e. The molecule has 4 rings (SSSR count). The lowest BCUT2D eigenvalue weighted by atomic mass is 10.1. The van der Waals surface area contributed by atoms with Crippen molar-refractivity contribution < 1.29 is 4.79 Å². The highest BCUT2D eigenvalue weighted by Gasteiger charge is 2.14. The monoisotopic (exact) mass is 378 g/mol. The Bertz CT molecular complexity index is 1130. The van der Waals surface area contributed by atoms with E-state index in [2.05, 4.69) is 32.4 Å². The molecule has 0 atom stereocenters. The van der Waals surface area contributed by atoms with Gasteiger partial charge < -0.3 is 4.90 Å². The lowest BCUT2D eigenvalue weighted by Gasteiger charge is -2.16. The Morgan fingerprint density at radius 1 is 1.11 bits per heavy atom. The van der Waals surface area contributed by atoms with Gasteiger partial charge in [-0.2, -0.15) is 5.10 Å². The molecule has 0 aliphatic rings. The number of benzene rings is 1. The highest BCUT2D eigenvalue weighted by Crippen LogP contribution is 2.32. The van der Waals surface area contributed by atoms with Crippen molar-refractivity contribution >= 4 is 38.4 Å². The number of hydrogen-bond donors (Lipinski definition) is 1. The Kier molecular flexibility index (Phi) is 4.33. The fraction of sp³-hybridized carbons (Fsp3) is 0.158. The molecule has 0 aliphatic carbocycles. The molecule has 136 valence electrons. The molecule has 4 aromatic rings. The number of rotatable bonds is 4. The molecule has 0 bridgehead atoms. The lowest BCUT2D eigenvalue weighted by molar-refractivity contribution is 0.101. The standard InChI is InChI=1S/C19H18N6OS/c1-24(2)15-7-5-4-6-12(15)13-8-9-14-18(21-13)27-19(22-14)23-17(26)16-10-11-20-25(16)3/h4-11H,1-3H3,(H,22,23,26). The number of hydrogen-bond acceptors (Lipinski definition) is 6. The van der Waals surface area contributed by atoms with Gasteiger partial charge in [-0.25, -0.2) is 9.97 Å². The molecule has 8 heteroatoms. The molecule has 3 aromatic heterocycles. The first kappa shape index (κ1) is 17.2. The molecule has 0 spiro atoms. The third kappa shape index (κ3) is 3.26. The van der Waals surface area contributed by atoms with E-state index in [1.54, 1.807) is 19.3 Å². The quantitative estimate of drug-likeness (QED) is 0.589. The second-order valence-electron chi connectivity index (χ2n) is 6.25. The van der Waals surface area contributed by atoms with E-state index in [4.69, 9.17) is 4.98 Å². The maximum atomic E-state index is 12.3. The summed E-state index contributed by atoms with van der Waals surface area (Å²) in [6.45, 7) is 0. The van der Waals surface area contributed by atoms with Crippen LogP contribution in [0, 0.1) is 0 Å². The Hall–Kier alpha value is -3.26. The second-order valence-corrected chi connectivity index (χ2v) is 7.22. The molecule has 0 saturated carbocycles. The van der Waals surface area contributed by atoms with Crippen molar-refractivity contribution in [1.29, 1.82) is 0 Å². The van der Waals surface area contributed by atoms with E-state index in [1.807, 2.05) is 38.4 Å². The fourth-order valence-corrected chi connectivity index (χ4v) is 3.69. The van der Waals surface area contributed by atoms with Gasteiger partial charge in [-0.15, -0.1) is 0 Å². The molecule has 1 amide bonds. The number of pyridine rings is 1. The van der Waals surface area contributed by atoms with Crippen LogP contribution in [-0.4, -0.2) is 39.8 Å². The number of carbonyl (C=O) groups excluding carboxylic acids is 1. The van der Waals surface area contributed by atoms with Crippen molar-refractivity contribution in [2.24, 2.45) is 7.05 Å². The van der Waals surface area contributed by atoms with Gasteiger partial charge in [-0.05, 0) is 24.3 Å². The summed E-state index contributed by atoms with van der Waals surface area (Å²) in [6.07, 6.45) is 1.59. The van der Waals surface area contributed by atoms with Crippen LogP contribution in [0.15, 0.2) is 48.7 Å². The van der Waals surface area contributed by atoms with Gasteiger partial charge in [0.2, 0.25) is 0 Å². The van der Waals surface area contributed by atoms with Crippen LogP contribution in [0.3, 0.4) is 0 Å². The predicted molar refractivity (Wildman–Crippen MR) is 108 cm³/mol. The molecule has 0 unspecified atom stereocenters. The van der Waals surface area contributed by atoms with Crippen molar-refractivity contribution in [2.45, 2.75) is 0 Å². The summed E-state index contributed by atoms with van der Waals surface area (Å²) < 4.78 is 1.52. The van der Waals surface area contributed by atoms with Crippen molar-refractivity contribution in [3.05, 3.63) is 54.4 Å². The molecule has 0 radical (unpaired) electrons. The average Bonchev–Trinajstić information content (AvgIpc) is 3.26. The number of thiazole rings is 1. The Morgan fingerprint density at radius 2 is 1.93 bits per heavy atom. The van der Waals surface area contributed by atoms with Crippen LogP contribution >= 0.6 is 11.3 Å². The molecule has 0 saturated heterocycles. The van der Waals surface area contributed by atoms with E-state index < -0.39 is 0 Å². The largest absolute Gasteiger partial charge is 0.377 e. The minimum atomic E-state index is -0.243. The Labute approximate surface area is 160 Å². The number of para-hydroxylation sites is 1. The number of nitrogens with one attached hydrogen (secondary N) is 1. The van der Waals surface area contributed by atoms with E-state index in [9.17, 15) is 4.79 Å². The molecule has 27 heavy (non-hydrogen) atoms.